The zero-order chi connectivity index (χ0) is 4.50. The molecule has 0 saturated heterocycles. The fourth-order valence-corrected chi connectivity index (χ4v) is 0. The van der Waals surface area contributed by atoms with E-state index < -0.39 is 7.82 Å². The summed E-state index contributed by atoms with van der Waals surface area (Å²) in [6.45, 7) is 0. The number of hydrogen-bond donors (Lipinski definition) is 3. The van der Waals surface area contributed by atoms with Gasteiger partial charge in [-0.25, -0.2) is 4.57 Å². The minimum Gasteiger partial charge on any atom is -1.00 e. The van der Waals surface area contributed by atoms with Crippen LogP contribution < -0.4 is 4.70 Å². The molecule has 0 bridgehead atoms. The Labute approximate surface area is 85.1 Å². The van der Waals surface area contributed by atoms with Gasteiger partial charge in [-0.1, -0.05) is 0 Å². The van der Waals surface area contributed by atoms with Gasteiger partial charge >= 0.3 is 56.7 Å². The van der Waals surface area contributed by atoms with Gasteiger partial charge in [-0.05, 0) is 0 Å². The Kier molecular flexibility index (Phi) is 24.3. The van der Waals surface area contributed by atoms with E-state index in [0.717, 1.165) is 0 Å². The Balaban J connectivity index is -0.0000000267. The smallest absolute Gasteiger partial charge is 1.00 e. The fourth-order valence-electron chi connectivity index (χ4n) is 0. The van der Waals surface area contributed by atoms with E-state index in [1.165, 1.54) is 0 Å². The molecule has 0 aliphatic carbocycles. The first kappa shape index (κ1) is 22.7. The van der Waals surface area contributed by atoms with Crippen LogP contribution in [0.4, 0.5) is 0 Å². The summed E-state index contributed by atoms with van der Waals surface area (Å²) >= 11 is 0. The van der Waals surface area contributed by atoms with Crippen LogP contribution in [0.25, 0.3) is 0 Å². The first-order valence-electron chi connectivity index (χ1n) is 0.783. The zero-order valence-corrected chi connectivity index (χ0v) is 9.06. The Morgan fingerprint density at radius 3 is 1.12 bits per heavy atom. The van der Waals surface area contributed by atoms with Crippen molar-refractivity contribution in [1.29, 1.82) is 0 Å². The van der Waals surface area contributed by atoms with Gasteiger partial charge in [0.15, 0.2) is 0 Å². The van der Waals surface area contributed by atoms with E-state index in [4.69, 9.17) is 19.2 Å². The van der Waals surface area contributed by atoms with Crippen molar-refractivity contribution in [3.8, 4) is 0 Å². The first-order chi connectivity index (χ1) is 2.00. The third-order valence-corrected chi connectivity index (χ3v) is 0. The molecular weight excluding hydrogens is 267 g/mol. The van der Waals surface area contributed by atoms with Gasteiger partial charge in [0.25, 0.3) is 0 Å². The van der Waals surface area contributed by atoms with Gasteiger partial charge in [-0.2, -0.15) is 0 Å². The minimum atomic E-state index is -4.64. The van der Waals surface area contributed by atoms with Crippen molar-refractivity contribution >= 4 is 56.7 Å². The van der Waals surface area contributed by atoms with E-state index in [0.29, 0.717) is 0 Å². The molecule has 0 heterocycles. The number of phosphoric acid groups is 1. The second-order valence-electron chi connectivity index (χ2n) is 0.513. The molecular formula is H4BaFO5P. The van der Waals surface area contributed by atoms with E-state index in [2.05, 4.69) is 0 Å². The first-order valence-corrected chi connectivity index (χ1v) is 2.35. The summed E-state index contributed by atoms with van der Waals surface area (Å²) < 4.78 is 8.88. The molecule has 0 radical (unpaired) electrons. The molecule has 0 fully saturated rings. The molecule has 4 N–H and O–H groups in total. The number of halogens is 1. The van der Waals surface area contributed by atoms with Crippen molar-refractivity contribution in [2.75, 3.05) is 0 Å². The quantitative estimate of drug-likeness (QED) is 0.304. The van der Waals surface area contributed by atoms with Crippen molar-refractivity contribution < 1.29 is 29.4 Å². The van der Waals surface area contributed by atoms with Crippen LogP contribution >= 0.6 is 7.82 Å². The Morgan fingerprint density at radius 2 is 1.12 bits per heavy atom. The van der Waals surface area contributed by atoms with Crippen molar-refractivity contribution in [3.63, 3.8) is 0 Å². The van der Waals surface area contributed by atoms with Crippen LogP contribution in [0.5, 0.6) is 0 Å². The third-order valence-electron chi connectivity index (χ3n) is 0. The Bertz CT molecular complexity index is 58.6. The molecule has 0 aliphatic heterocycles. The second kappa shape index (κ2) is 8.57. The van der Waals surface area contributed by atoms with Crippen molar-refractivity contribution in [2.45, 2.75) is 0 Å². The largest absolute Gasteiger partial charge is 2.00 e. The maximum absolute atomic E-state index is 8.88. The van der Waals surface area contributed by atoms with E-state index in [-0.39, 0.29) is 59.1 Å². The number of rotatable bonds is 0. The minimum absolute atomic E-state index is 0. The molecule has 0 aromatic heterocycles. The predicted molar refractivity (Wildman–Crippen MR) is 22.0 cm³/mol. The molecule has 0 unspecified atom stereocenters. The van der Waals surface area contributed by atoms with Gasteiger partial charge < -0.3 is 24.9 Å². The molecule has 0 spiro atoms. The summed E-state index contributed by atoms with van der Waals surface area (Å²) in [4.78, 5) is 21.6. The number of hydrogen-bond acceptors (Lipinski definition) is 2. The fraction of sp³-hybridized carbons (Fsp3) is 0. The summed E-state index contributed by atoms with van der Waals surface area (Å²) in [5, 5.41) is 0. The average molecular weight is 271 g/mol. The SMILES string of the molecule is O=P(O)(O)O.[Ba+2].[F-].[OH-]. The van der Waals surface area contributed by atoms with E-state index in [1.807, 2.05) is 0 Å². The maximum Gasteiger partial charge on any atom is 2.00 e. The normalized spacial score (nSPS) is 7.38. The van der Waals surface area contributed by atoms with Crippen molar-refractivity contribution in [1.82, 2.24) is 0 Å². The van der Waals surface area contributed by atoms with Crippen LogP contribution in [0.3, 0.4) is 0 Å². The summed E-state index contributed by atoms with van der Waals surface area (Å²) in [5.41, 5.74) is 0. The van der Waals surface area contributed by atoms with Gasteiger partial charge in [0.05, 0.1) is 0 Å². The average Bonchev–Trinajstić information content (AvgIpc) is 0.722. The third kappa shape index (κ3) is 132. The van der Waals surface area contributed by atoms with Gasteiger partial charge in [0, 0.05) is 0 Å². The standard InChI is InChI=1S/Ba.FH.H3O4P.H2O/c;;1-5(2,3)4;/h;1H;(H3,1,2,3,4);1H2/q+2;;;/p-2. The molecule has 0 aromatic rings. The Hall–Kier alpha value is 1.57. The molecule has 0 amide bonds. The molecule has 8 heavy (non-hydrogen) atoms. The Morgan fingerprint density at radius 1 is 1.12 bits per heavy atom. The van der Waals surface area contributed by atoms with Crippen molar-refractivity contribution in [2.24, 2.45) is 0 Å². The van der Waals surface area contributed by atoms with Crippen LogP contribution in [0.1, 0.15) is 0 Å². The van der Waals surface area contributed by atoms with E-state index in [1.54, 1.807) is 0 Å². The topological polar surface area (TPSA) is 108 Å². The molecule has 0 atom stereocenters. The van der Waals surface area contributed by atoms with E-state index >= 15 is 0 Å². The molecule has 0 aromatic carbocycles. The molecule has 0 saturated carbocycles. The van der Waals surface area contributed by atoms with Gasteiger partial charge in [0.1, 0.15) is 0 Å². The summed E-state index contributed by atoms with van der Waals surface area (Å²) in [6.07, 6.45) is 0. The van der Waals surface area contributed by atoms with Gasteiger partial charge in [-0.15, -0.1) is 0 Å². The summed E-state index contributed by atoms with van der Waals surface area (Å²) in [6, 6.07) is 0. The summed E-state index contributed by atoms with van der Waals surface area (Å²) in [5.74, 6) is 0. The summed E-state index contributed by atoms with van der Waals surface area (Å²) in [7, 11) is -4.64. The van der Waals surface area contributed by atoms with Crippen molar-refractivity contribution in [3.05, 3.63) is 0 Å². The van der Waals surface area contributed by atoms with Crippen LogP contribution in [-0.2, 0) is 4.57 Å². The van der Waals surface area contributed by atoms with E-state index in [9.17, 15) is 0 Å². The molecule has 0 aliphatic rings. The van der Waals surface area contributed by atoms with Crippen LogP contribution in [0.2, 0.25) is 0 Å². The van der Waals surface area contributed by atoms with Crippen LogP contribution in [-0.4, -0.2) is 69.0 Å². The zero-order valence-electron chi connectivity index (χ0n) is 3.73. The predicted octanol–water partition coefficient (Wildman–Crippen LogP) is -4.48. The maximum atomic E-state index is 8.88. The van der Waals surface area contributed by atoms with Gasteiger partial charge in [-0.3, -0.25) is 0 Å². The van der Waals surface area contributed by atoms with Crippen LogP contribution in [0, 0.1) is 0 Å². The second-order valence-corrected chi connectivity index (χ2v) is 1.54. The molecule has 8 heteroatoms. The van der Waals surface area contributed by atoms with Crippen LogP contribution in [0.15, 0.2) is 0 Å². The molecule has 48 valence electrons. The van der Waals surface area contributed by atoms with Gasteiger partial charge in [0.2, 0.25) is 0 Å². The monoisotopic (exact) mass is 272 g/mol. The molecule has 5 nitrogen and oxygen atoms in total. The molecule has 0 rings (SSSR count).